The molecule has 0 bridgehead atoms. The zero-order valence-corrected chi connectivity index (χ0v) is 11.0. The smallest absolute Gasteiger partial charge is 0.294 e. The first-order valence-electron chi connectivity index (χ1n) is 3.74. The molecule has 1 aromatic carbocycles. The molecule has 88 valence electrons. The number of nitro groups is 1. The van der Waals surface area contributed by atoms with E-state index in [1.54, 1.807) is 0 Å². The van der Waals surface area contributed by atoms with Gasteiger partial charge in [-0.2, -0.15) is 0 Å². The molecule has 0 aliphatic carbocycles. The average Bonchev–Trinajstić information content (AvgIpc) is 2.14. The molecule has 0 fully saturated rings. The van der Waals surface area contributed by atoms with E-state index in [1.165, 1.54) is 13.2 Å². The summed E-state index contributed by atoms with van der Waals surface area (Å²) in [6.45, 7) is 0. The topological polar surface area (TPSA) is 86.5 Å². The first-order valence-corrected chi connectivity index (χ1v) is 6.84. The van der Waals surface area contributed by atoms with Gasteiger partial charge in [-0.15, -0.1) is 0 Å². The highest BCUT2D eigenvalue weighted by Crippen LogP contribution is 2.38. The van der Waals surface area contributed by atoms with Gasteiger partial charge in [-0.25, -0.2) is 8.42 Å². The van der Waals surface area contributed by atoms with Crippen molar-refractivity contribution in [3.8, 4) is 5.75 Å². The highest BCUT2D eigenvalue weighted by Gasteiger charge is 2.29. The first kappa shape index (κ1) is 13.2. The number of methoxy groups -OCH3 is 1. The molecule has 0 heterocycles. The van der Waals surface area contributed by atoms with E-state index in [1.807, 2.05) is 0 Å². The molecule has 0 saturated heterocycles. The Bertz CT molecular complexity index is 544. The molecule has 0 N–H and O–H groups in total. The van der Waals surface area contributed by atoms with Crippen molar-refractivity contribution in [3.05, 3.63) is 26.7 Å². The predicted octanol–water partition coefficient (Wildman–Crippen LogP) is 2.29. The quantitative estimate of drug-likeness (QED) is 0.482. The van der Waals surface area contributed by atoms with Crippen LogP contribution in [0, 0.1) is 10.1 Å². The van der Waals surface area contributed by atoms with Gasteiger partial charge in [0.05, 0.1) is 12.0 Å². The van der Waals surface area contributed by atoms with Crippen molar-refractivity contribution in [2.75, 3.05) is 7.11 Å². The lowest BCUT2D eigenvalue weighted by Gasteiger charge is -2.06. The van der Waals surface area contributed by atoms with Gasteiger partial charge < -0.3 is 4.74 Å². The summed E-state index contributed by atoms with van der Waals surface area (Å²) in [7, 11) is 2.05. The minimum atomic E-state index is -4.25. The van der Waals surface area contributed by atoms with Crippen molar-refractivity contribution in [3.63, 3.8) is 0 Å². The number of halogens is 2. The maximum Gasteiger partial charge on any atom is 0.294 e. The molecule has 16 heavy (non-hydrogen) atoms. The minimum Gasteiger partial charge on any atom is -0.495 e. The lowest BCUT2D eigenvalue weighted by Crippen LogP contribution is -2.02. The summed E-state index contributed by atoms with van der Waals surface area (Å²) in [6, 6.07) is 2.32. The van der Waals surface area contributed by atoms with E-state index in [2.05, 4.69) is 15.9 Å². The van der Waals surface area contributed by atoms with Crippen molar-refractivity contribution < 1.29 is 18.1 Å². The number of hydrogen-bond donors (Lipinski definition) is 0. The largest absolute Gasteiger partial charge is 0.495 e. The summed E-state index contributed by atoms with van der Waals surface area (Å²) in [4.78, 5) is 9.20. The van der Waals surface area contributed by atoms with Crippen molar-refractivity contribution >= 4 is 41.4 Å². The number of hydrogen-bond acceptors (Lipinski definition) is 5. The van der Waals surface area contributed by atoms with Crippen LogP contribution in [0.15, 0.2) is 21.5 Å². The van der Waals surface area contributed by atoms with E-state index >= 15 is 0 Å². The van der Waals surface area contributed by atoms with Gasteiger partial charge in [-0.3, -0.25) is 10.1 Å². The van der Waals surface area contributed by atoms with Crippen LogP contribution in [-0.4, -0.2) is 20.5 Å². The summed E-state index contributed by atoms with van der Waals surface area (Å²) in [6.07, 6.45) is 0. The van der Waals surface area contributed by atoms with Crippen LogP contribution in [0.25, 0.3) is 0 Å². The van der Waals surface area contributed by atoms with Crippen molar-refractivity contribution in [1.82, 2.24) is 0 Å². The average molecular weight is 331 g/mol. The van der Waals surface area contributed by atoms with Crippen LogP contribution >= 0.6 is 26.6 Å². The molecular weight excluding hydrogens is 326 g/mol. The molecular formula is C7H5BrClNO5S. The summed E-state index contributed by atoms with van der Waals surface area (Å²) >= 11 is 3.00. The molecule has 9 heteroatoms. The van der Waals surface area contributed by atoms with E-state index in [4.69, 9.17) is 15.4 Å². The normalized spacial score (nSPS) is 11.2. The molecule has 1 aromatic rings. The highest BCUT2D eigenvalue weighted by atomic mass is 79.9. The summed E-state index contributed by atoms with van der Waals surface area (Å²) in [5.74, 6) is -0.184. The summed E-state index contributed by atoms with van der Waals surface area (Å²) < 4.78 is 27.5. The number of ether oxygens (including phenoxy) is 1. The molecule has 0 spiro atoms. The molecule has 6 nitrogen and oxygen atoms in total. The third-order valence-corrected chi connectivity index (χ3v) is 3.48. The monoisotopic (exact) mass is 329 g/mol. The molecule has 0 amide bonds. The fraction of sp³-hybridized carbons (Fsp3) is 0.143. The van der Waals surface area contributed by atoms with Gasteiger partial charge in [-0.1, -0.05) is 15.9 Å². The molecule has 0 unspecified atom stereocenters. The van der Waals surface area contributed by atoms with E-state index in [-0.39, 0.29) is 5.75 Å². The van der Waals surface area contributed by atoms with E-state index in [0.717, 1.165) is 6.07 Å². The van der Waals surface area contributed by atoms with E-state index < -0.39 is 24.6 Å². The number of rotatable bonds is 3. The zero-order valence-electron chi connectivity index (χ0n) is 7.81. The SMILES string of the molecule is COc1cc(Br)cc([N+](=O)[O-])c1S(=O)(=O)Cl. The van der Waals surface area contributed by atoms with Gasteiger partial charge in [0.15, 0.2) is 0 Å². The second-order valence-corrected chi connectivity index (χ2v) is 6.07. The second kappa shape index (κ2) is 4.56. The minimum absolute atomic E-state index is 0.184. The Kier molecular flexibility index (Phi) is 3.76. The van der Waals surface area contributed by atoms with Crippen LogP contribution in [0.4, 0.5) is 5.69 Å². The van der Waals surface area contributed by atoms with Crippen molar-refractivity contribution in [1.29, 1.82) is 0 Å². The Balaban J connectivity index is 3.72. The maximum absolute atomic E-state index is 11.2. The van der Waals surface area contributed by atoms with E-state index in [0.29, 0.717) is 4.47 Å². The van der Waals surface area contributed by atoms with Crippen LogP contribution in [0.3, 0.4) is 0 Å². The second-order valence-electron chi connectivity index (χ2n) is 2.65. The Labute approximate surface area is 104 Å². The van der Waals surface area contributed by atoms with Crippen molar-refractivity contribution in [2.24, 2.45) is 0 Å². The van der Waals surface area contributed by atoms with Crippen LogP contribution in [0.1, 0.15) is 0 Å². The van der Waals surface area contributed by atoms with Gasteiger partial charge in [0.25, 0.3) is 14.7 Å². The lowest BCUT2D eigenvalue weighted by atomic mass is 10.3. The summed E-state index contributed by atoms with van der Waals surface area (Å²) in [5, 5.41) is 10.7. The fourth-order valence-electron chi connectivity index (χ4n) is 1.09. The number of nitro benzene ring substituents is 1. The number of nitrogens with zero attached hydrogens (tertiary/aromatic N) is 1. The summed E-state index contributed by atoms with van der Waals surface area (Å²) in [5.41, 5.74) is -0.638. The maximum atomic E-state index is 11.2. The first-order chi connectivity index (χ1) is 7.27. The molecule has 0 aromatic heterocycles. The highest BCUT2D eigenvalue weighted by molar-refractivity contribution is 9.10. The Morgan fingerprint density at radius 2 is 2.06 bits per heavy atom. The van der Waals surface area contributed by atoms with E-state index in [9.17, 15) is 18.5 Å². The van der Waals surface area contributed by atoms with Gasteiger partial charge in [0, 0.05) is 21.2 Å². The third-order valence-electron chi connectivity index (χ3n) is 1.66. The standard InChI is InChI=1S/C7H5BrClNO5S/c1-15-6-3-4(8)2-5(10(11)12)7(6)16(9,13)14/h2-3H,1H3. The molecule has 0 aliphatic heterocycles. The van der Waals surface area contributed by atoms with Gasteiger partial charge in [0.1, 0.15) is 5.75 Å². The van der Waals surface area contributed by atoms with Crippen LogP contribution in [0.5, 0.6) is 5.75 Å². The molecule has 0 saturated carbocycles. The molecule has 1 rings (SSSR count). The van der Waals surface area contributed by atoms with Crippen molar-refractivity contribution in [2.45, 2.75) is 4.90 Å². The molecule has 0 radical (unpaired) electrons. The zero-order chi connectivity index (χ0) is 12.5. The predicted molar refractivity (Wildman–Crippen MR) is 60.4 cm³/mol. The van der Waals surface area contributed by atoms with Crippen LogP contribution < -0.4 is 4.74 Å². The fourth-order valence-corrected chi connectivity index (χ4v) is 2.74. The van der Waals surface area contributed by atoms with Crippen LogP contribution in [-0.2, 0) is 9.05 Å². The van der Waals surface area contributed by atoms with Crippen LogP contribution in [0.2, 0.25) is 0 Å². The Morgan fingerprint density at radius 1 is 1.50 bits per heavy atom. The molecule has 0 aliphatic rings. The molecule has 0 atom stereocenters. The number of benzene rings is 1. The Hall–Kier alpha value is -0.860. The third kappa shape index (κ3) is 2.63. The van der Waals surface area contributed by atoms with Gasteiger partial charge >= 0.3 is 0 Å². The van der Waals surface area contributed by atoms with Gasteiger partial charge in [-0.05, 0) is 6.07 Å². The lowest BCUT2D eigenvalue weighted by molar-refractivity contribution is -0.388. The van der Waals surface area contributed by atoms with Gasteiger partial charge in [0.2, 0.25) is 4.90 Å². The Morgan fingerprint density at radius 3 is 2.44 bits per heavy atom.